The van der Waals surface area contributed by atoms with Crippen molar-refractivity contribution >= 4 is 34.7 Å². The van der Waals surface area contributed by atoms with Crippen LogP contribution in [0.5, 0.6) is 0 Å². The molecule has 1 aromatic carbocycles. The van der Waals surface area contributed by atoms with E-state index in [1.165, 1.54) is 0 Å². The van der Waals surface area contributed by atoms with E-state index in [2.05, 4.69) is 16.5 Å². The number of primary amides is 1. The lowest BCUT2D eigenvalue weighted by molar-refractivity contribution is -0.119. The molecule has 1 fully saturated rings. The molecule has 2 aromatic rings. The number of benzene rings is 1. The molecule has 1 aromatic heterocycles. The summed E-state index contributed by atoms with van der Waals surface area (Å²) < 4.78 is 5.45. The molecular formula is C18H19ClN4O2S. The normalized spacial score (nSPS) is 19.2. The lowest BCUT2D eigenvalue weighted by Crippen LogP contribution is -2.41. The van der Waals surface area contributed by atoms with Gasteiger partial charge in [0.1, 0.15) is 6.54 Å². The average molecular weight is 391 g/mol. The van der Waals surface area contributed by atoms with Crippen molar-refractivity contribution in [2.24, 2.45) is 10.8 Å². The summed E-state index contributed by atoms with van der Waals surface area (Å²) in [6, 6.07) is 10.2. The maximum Gasteiger partial charge on any atom is 0.238 e. The summed E-state index contributed by atoms with van der Waals surface area (Å²) in [6.07, 6.45) is 0.940. The number of nitrogens with zero attached hydrogens (tertiary/aromatic N) is 2. The Morgan fingerprint density at radius 1 is 1.46 bits per heavy atom. The zero-order valence-corrected chi connectivity index (χ0v) is 15.6. The fraction of sp³-hybridized carbons (Fsp3) is 0.333. The molecule has 0 aliphatic carbocycles. The van der Waals surface area contributed by atoms with Crippen LogP contribution >= 0.6 is 22.9 Å². The number of hydrazone groups is 1. The first-order valence-corrected chi connectivity index (χ1v) is 9.63. The molecule has 2 aliphatic heterocycles. The van der Waals surface area contributed by atoms with Gasteiger partial charge in [0.15, 0.2) is 5.84 Å². The van der Waals surface area contributed by atoms with Crippen LogP contribution in [0, 0.1) is 0 Å². The Morgan fingerprint density at radius 3 is 3.08 bits per heavy atom. The number of carbonyl (C=O) groups is 1. The number of thiophene rings is 1. The fourth-order valence-electron chi connectivity index (χ4n) is 3.15. The van der Waals surface area contributed by atoms with Crippen LogP contribution in [0.1, 0.15) is 16.9 Å². The van der Waals surface area contributed by atoms with Gasteiger partial charge in [-0.25, -0.2) is 0 Å². The number of hydrogen-bond acceptors (Lipinski definition) is 6. The summed E-state index contributed by atoms with van der Waals surface area (Å²) >= 11 is 7.82. The number of rotatable bonds is 4. The Balaban J connectivity index is 1.67. The van der Waals surface area contributed by atoms with Crippen LogP contribution in [0.3, 0.4) is 0 Å². The summed E-state index contributed by atoms with van der Waals surface area (Å²) in [5.74, 6) is 0.375. The number of carbonyl (C=O) groups excluding carboxylic acids is 1. The molecule has 4 rings (SSSR count). The quantitative estimate of drug-likeness (QED) is 0.840. The molecule has 1 saturated heterocycles. The van der Waals surface area contributed by atoms with Crippen LogP contribution in [0.15, 0.2) is 35.4 Å². The Morgan fingerprint density at radius 2 is 2.35 bits per heavy atom. The smallest absolute Gasteiger partial charge is 0.238 e. The van der Waals surface area contributed by atoms with Crippen LogP contribution in [0.25, 0.3) is 10.4 Å². The van der Waals surface area contributed by atoms with E-state index in [1.807, 2.05) is 24.3 Å². The van der Waals surface area contributed by atoms with Gasteiger partial charge in [0.05, 0.1) is 19.2 Å². The van der Waals surface area contributed by atoms with E-state index in [9.17, 15) is 4.79 Å². The highest BCUT2D eigenvalue weighted by Gasteiger charge is 2.26. The van der Waals surface area contributed by atoms with E-state index < -0.39 is 5.91 Å². The van der Waals surface area contributed by atoms with Gasteiger partial charge in [0.2, 0.25) is 5.91 Å². The monoisotopic (exact) mass is 390 g/mol. The molecule has 6 nitrogen and oxygen atoms in total. The molecule has 2 aliphatic rings. The third-order valence-corrected chi connectivity index (χ3v) is 5.75. The van der Waals surface area contributed by atoms with Crippen molar-refractivity contribution in [2.75, 3.05) is 19.8 Å². The SMILES string of the molecule is NC(=O)CN1Cc2sc(-c3cccc(Cl)c3)cc2C(NC2CCOC2)=N1. The lowest BCUT2D eigenvalue weighted by atomic mass is 10.1. The van der Waals surface area contributed by atoms with Gasteiger partial charge in [-0.3, -0.25) is 9.80 Å². The van der Waals surface area contributed by atoms with Gasteiger partial charge >= 0.3 is 0 Å². The zero-order chi connectivity index (χ0) is 18.1. The number of amides is 1. The molecule has 0 radical (unpaired) electrons. The molecular weight excluding hydrogens is 372 g/mol. The maximum atomic E-state index is 11.4. The van der Waals surface area contributed by atoms with E-state index in [0.29, 0.717) is 18.2 Å². The van der Waals surface area contributed by atoms with Gasteiger partial charge in [-0.1, -0.05) is 23.7 Å². The predicted octanol–water partition coefficient (Wildman–Crippen LogP) is 2.41. The van der Waals surface area contributed by atoms with Crippen LogP contribution in [0.4, 0.5) is 0 Å². The molecule has 0 bridgehead atoms. The largest absolute Gasteiger partial charge is 0.379 e. The van der Waals surface area contributed by atoms with E-state index >= 15 is 0 Å². The van der Waals surface area contributed by atoms with Gasteiger partial charge in [-0.15, -0.1) is 11.3 Å². The summed E-state index contributed by atoms with van der Waals surface area (Å²) in [6.45, 7) is 2.07. The van der Waals surface area contributed by atoms with Gasteiger partial charge < -0.3 is 15.8 Å². The Labute approximate surface area is 160 Å². The highest BCUT2D eigenvalue weighted by Crippen LogP contribution is 2.35. The molecule has 3 heterocycles. The van der Waals surface area contributed by atoms with E-state index in [1.54, 1.807) is 16.3 Å². The molecule has 1 amide bonds. The van der Waals surface area contributed by atoms with Crippen molar-refractivity contribution in [2.45, 2.75) is 19.0 Å². The Kier molecular flexibility index (Phi) is 4.84. The second kappa shape index (κ2) is 7.26. The van der Waals surface area contributed by atoms with Gasteiger partial charge in [0, 0.05) is 26.9 Å². The lowest BCUT2D eigenvalue weighted by Gasteiger charge is -2.26. The molecule has 0 spiro atoms. The first kappa shape index (κ1) is 17.3. The minimum Gasteiger partial charge on any atom is -0.379 e. The van der Waals surface area contributed by atoms with Crippen LogP contribution in [-0.4, -0.2) is 42.6 Å². The fourth-order valence-corrected chi connectivity index (χ4v) is 4.50. The molecule has 8 heteroatoms. The van der Waals surface area contributed by atoms with E-state index in [0.717, 1.165) is 39.7 Å². The van der Waals surface area contributed by atoms with Gasteiger partial charge in [0.25, 0.3) is 0 Å². The third-order valence-electron chi connectivity index (χ3n) is 4.35. The van der Waals surface area contributed by atoms with Gasteiger partial charge in [-0.05, 0) is 30.2 Å². The zero-order valence-electron chi connectivity index (χ0n) is 14.1. The molecule has 1 unspecified atom stereocenters. The standard InChI is InChI=1S/C18H19ClN4O2S/c19-12-3-1-2-11(6-12)15-7-14-16(26-15)8-23(9-17(20)24)22-18(14)21-13-4-5-25-10-13/h1-3,6-7,13H,4-5,8-10H2,(H2,20,24)(H,21,22). The number of hydrogen-bond donors (Lipinski definition) is 2. The minimum absolute atomic E-state index is 0.0934. The first-order valence-electron chi connectivity index (χ1n) is 8.43. The summed E-state index contributed by atoms with van der Waals surface area (Å²) in [7, 11) is 0. The molecule has 26 heavy (non-hydrogen) atoms. The Bertz CT molecular complexity index is 861. The topological polar surface area (TPSA) is 80.0 Å². The van der Waals surface area contributed by atoms with Crippen molar-refractivity contribution < 1.29 is 9.53 Å². The summed E-state index contributed by atoms with van der Waals surface area (Å²) in [5, 5.41) is 10.5. The van der Waals surface area contributed by atoms with Crippen molar-refractivity contribution in [3.8, 4) is 10.4 Å². The van der Waals surface area contributed by atoms with Crippen LogP contribution < -0.4 is 11.1 Å². The molecule has 3 N–H and O–H groups in total. The number of nitrogens with two attached hydrogens (primary N) is 1. The van der Waals surface area contributed by atoms with E-state index in [-0.39, 0.29) is 12.6 Å². The number of amidine groups is 1. The predicted molar refractivity (Wildman–Crippen MR) is 103 cm³/mol. The number of nitrogens with one attached hydrogen (secondary N) is 1. The van der Waals surface area contributed by atoms with Crippen molar-refractivity contribution in [1.82, 2.24) is 10.3 Å². The maximum absolute atomic E-state index is 11.4. The minimum atomic E-state index is -0.396. The molecule has 136 valence electrons. The highest BCUT2D eigenvalue weighted by molar-refractivity contribution is 7.15. The number of fused-ring (bicyclic) bond motifs is 1. The average Bonchev–Trinajstić information content (AvgIpc) is 3.23. The second-order valence-corrected chi connectivity index (χ2v) is 7.97. The first-order chi connectivity index (χ1) is 12.6. The molecule has 1 atom stereocenters. The number of halogens is 1. The third kappa shape index (κ3) is 3.70. The van der Waals surface area contributed by atoms with Crippen molar-refractivity contribution in [3.63, 3.8) is 0 Å². The Hall–Kier alpha value is -2.09. The second-order valence-electron chi connectivity index (χ2n) is 6.40. The van der Waals surface area contributed by atoms with Crippen molar-refractivity contribution in [1.29, 1.82) is 0 Å². The number of ether oxygens (including phenoxy) is 1. The molecule has 0 saturated carbocycles. The van der Waals surface area contributed by atoms with Crippen molar-refractivity contribution in [3.05, 3.63) is 45.8 Å². The van der Waals surface area contributed by atoms with E-state index in [4.69, 9.17) is 22.1 Å². The highest BCUT2D eigenvalue weighted by atomic mass is 35.5. The van der Waals surface area contributed by atoms with Crippen LogP contribution in [0.2, 0.25) is 5.02 Å². The summed E-state index contributed by atoms with van der Waals surface area (Å²) in [4.78, 5) is 13.6. The van der Waals surface area contributed by atoms with Gasteiger partial charge in [-0.2, -0.15) is 5.10 Å². The van der Waals surface area contributed by atoms with Crippen LogP contribution in [-0.2, 0) is 16.1 Å². The summed E-state index contributed by atoms with van der Waals surface area (Å²) in [5.41, 5.74) is 7.50.